The Morgan fingerprint density at radius 2 is 1.81 bits per heavy atom. The average molecular weight is 431 g/mol. The van der Waals surface area contributed by atoms with Gasteiger partial charge in [0.1, 0.15) is 18.0 Å². The van der Waals surface area contributed by atoms with E-state index in [1.54, 1.807) is 0 Å². The van der Waals surface area contributed by atoms with Crippen molar-refractivity contribution in [3.63, 3.8) is 0 Å². The average Bonchev–Trinajstić information content (AvgIpc) is 3.39. The molecule has 1 amide bonds. The predicted molar refractivity (Wildman–Crippen MR) is 126 cm³/mol. The number of aromatic nitrogens is 1. The first-order valence-corrected chi connectivity index (χ1v) is 11.8. The maximum atomic E-state index is 12.5. The van der Waals surface area contributed by atoms with Crippen molar-refractivity contribution in [2.24, 2.45) is 0 Å². The second-order valence-corrected chi connectivity index (χ2v) is 8.76. The largest absolute Gasteiger partial charge is 0.490 e. The monoisotopic (exact) mass is 430 g/mol. The van der Waals surface area contributed by atoms with Crippen LogP contribution in [0.2, 0.25) is 0 Å². The van der Waals surface area contributed by atoms with Gasteiger partial charge in [0.15, 0.2) is 0 Å². The number of benzene rings is 2. The van der Waals surface area contributed by atoms with E-state index in [9.17, 15) is 4.79 Å². The lowest BCUT2D eigenvalue weighted by Crippen LogP contribution is -2.45. The molecule has 2 aromatic carbocycles. The van der Waals surface area contributed by atoms with E-state index >= 15 is 0 Å². The molecule has 166 valence electrons. The number of likely N-dealkylation sites (tertiary alicyclic amines) is 1. The van der Waals surface area contributed by atoms with Crippen LogP contribution in [0.25, 0.3) is 21.9 Å². The number of hydrogen-bond donors (Lipinski definition) is 0. The third-order valence-corrected chi connectivity index (χ3v) is 6.59. The summed E-state index contributed by atoms with van der Waals surface area (Å²) in [5.41, 5.74) is 3.48. The summed E-state index contributed by atoms with van der Waals surface area (Å²) in [7, 11) is 0. The summed E-state index contributed by atoms with van der Waals surface area (Å²) in [5, 5.41) is 2.38. The molecule has 1 aromatic heterocycles. The molecule has 2 fully saturated rings. The molecule has 0 N–H and O–H groups in total. The van der Waals surface area contributed by atoms with Gasteiger partial charge in [0.25, 0.3) is 5.91 Å². The summed E-state index contributed by atoms with van der Waals surface area (Å²) in [4.78, 5) is 18.9. The van der Waals surface area contributed by atoms with Crippen molar-refractivity contribution in [1.82, 2.24) is 9.88 Å². The Morgan fingerprint density at radius 1 is 1.03 bits per heavy atom. The van der Waals surface area contributed by atoms with Crippen molar-refractivity contribution in [2.75, 3.05) is 19.7 Å². The number of piperidine rings is 1. The standard InChI is InChI=1S/C27H30N2O3/c1-2-23-17-22-16-20(5-6-21(22)18-28-23)19-7-9-24(10-8-19)32-25-11-13-29(14-12-25)27(30)26-4-3-15-31-26/h5-10,16-18,25-26H,2-4,11-15H2,1H3. The van der Waals surface area contributed by atoms with Crippen LogP contribution in [0.4, 0.5) is 0 Å². The third-order valence-electron chi connectivity index (χ3n) is 6.59. The first-order chi connectivity index (χ1) is 15.7. The number of carbonyl (C=O) groups is 1. The van der Waals surface area contributed by atoms with Crippen LogP contribution in [0.1, 0.15) is 38.3 Å². The number of fused-ring (bicyclic) bond motifs is 1. The Labute approximate surface area is 189 Å². The number of amides is 1. The number of hydrogen-bond acceptors (Lipinski definition) is 4. The number of rotatable bonds is 5. The summed E-state index contributed by atoms with van der Waals surface area (Å²) >= 11 is 0. The lowest BCUT2D eigenvalue weighted by molar-refractivity contribution is -0.142. The molecule has 2 aliphatic rings. The van der Waals surface area contributed by atoms with Gasteiger partial charge in [-0.25, -0.2) is 0 Å². The maximum Gasteiger partial charge on any atom is 0.251 e. The highest BCUT2D eigenvalue weighted by atomic mass is 16.5. The second kappa shape index (κ2) is 9.29. The molecule has 1 atom stereocenters. The second-order valence-electron chi connectivity index (χ2n) is 8.76. The quantitative estimate of drug-likeness (QED) is 0.571. The van der Waals surface area contributed by atoms with Gasteiger partial charge in [-0.1, -0.05) is 31.2 Å². The Balaban J connectivity index is 1.20. The number of ether oxygens (including phenoxy) is 2. The Kier molecular flexibility index (Phi) is 6.08. The van der Waals surface area contributed by atoms with Gasteiger partial charge in [-0.05, 0) is 60.0 Å². The van der Waals surface area contributed by atoms with Gasteiger partial charge in [-0.2, -0.15) is 0 Å². The van der Waals surface area contributed by atoms with Gasteiger partial charge in [-0.15, -0.1) is 0 Å². The van der Waals surface area contributed by atoms with E-state index < -0.39 is 0 Å². The van der Waals surface area contributed by atoms with E-state index in [-0.39, 0.29) is 18.1 Å². The predicted octanol–water partition coefficient (Wildman–Crippen LogP) is 5.01. The molecule has 0 bridgehead atoms. The van der Waals surface area contributed by atoms with E-state index in [2.05, 4.69) is 48.3 Å². The van der Waals surface area contributed by atoms with Crippen molar-refractivity contribution in [2.45, 2.75) is 51.2 Å². The molecule has 32 heavy (non-hydrogen) atoms. The normalized spacial score (nSPS) is 19.4. The summed E-state index contributed by atoms with van der Waals surface area (Å²) in [5.74, 6) is 1.04. The molecule has 5 heteroatoms. The van der Waals surface area contributed by atoms with Gasteiger partial charge >= 0.3 is 0 Å². The molecule has 5 rings (SSSR count). The fraction of sp³-hybridized carbons (Fsp3) is 0.407. The molecule has 1 unspecified atom stereocenters. The van der Waals surface area contributed by atoms with Crippen molar-refractivity contribution in [3.05, 3.63) is 60.4 Å². The molecule has 0 radical (unpaired) electrons. The zero-order valence-electron chi connectivity index (χ0n) is 18.6. The Bertz CT molecular complexity index is 1080. The lowest BCUT2D eigenvalue weighted by atomic mass is 10.0. The maximum absolute atomic E-state index is 12.5. The molecule has 3 heterocycles. The topological polar surface area (TPSA) is 51.7 Å². The van der Waals surface area contributed by atoms with Crippen LogP contribution in [0.15, 0.2) is 54.7 Å². The van der Waals surface area contributed by atoms with Crippen LogP contribution < -0.4 is 4.74 Å². The smallest absolute Gasteiger partial charge is 0.251 e. The number of nitrogens with zero attached hydrogens (tertiary/aromatic N) is 2. The Morgan fingerprint density at radius 3 is 2.53 bits per heavy atom. The fourth-order valence-corrected chi connectivity index (χ4v) is 4.65. The van der Waals surface area contributed by atoms with Gasteiger partial charge in [0, 0.05) is 49.8 Å². The van der Waals surface area contributed by atoms with E-state index in [0.29, 0.717) is 6.61 Å². The Hall–Kier alpha value is -2.92. The minimum atomic E-state index is -0.222. The summed E-state index contributed by atoms with van der Waals surface area (Å²) < 4.78 is 11.8. The molecule has 0 spiro atoms. The van der Waals surface area contributed by atoms with Crippen LogP contribution in [0, 0.1) is 0 Å². The summed E-state index contributed by atoms with van der Waals surface area (Å²) in [6, 6.07) is 17.0. The summed E-state index contributed by atoms with van der Waals surface area (Å²) in [6.45, 7) is 4.32. The zero-order valence-corrected chi connectivity index (χ0v) is 18.6. The molecular formula is C27H30N2O3. The zero-order chi connectivity index (χ0) is 21.9. The van der Waals surface area contributed by atoms with Crippen LogP contribution in [-0.4, -0.2) is 47.7 Å². The highest BCUT2D eigenvalue weighted by molar-refractivity contribution is 5.87. The first kappa shape index (κ1) is 21.0. The van der Waals surface area contributed by atoms with Gasteiger partial charge in [0.05, 0.1) is 0 Å². The number of pyridine rings is 1. The molecule has 0 aliphatic carbocycles. The van der Waals surface area contributed by atoms with Crippen LogP contribution in [0.3, 0.4) is 0 Å². The van der Waals surface area contributed by atoms with E-state index in [1.165, 1.54) is 16.5 Å². The van der Waals surface area contributed by atoms with Crippen LogP contribution >= 0.6 is 0 Å². The minimum Gasteiger partial charge on any atom is -0.490 e. The van der Waals surface area contributed by atoms with Crippen LogP contribution in [-0.2, 0) is 16.0 Å². The summed E-state index contributed by atoms with van der Waals surface area (Å²) in [6.07, 6.45) is 6.38. The van der Waals surface area contributed by atoms with Crippen molar-refractivity contribution >= 4 is 16.7 Å². The number of aryl methyl sites for hydroxylation is 1. The molecule has 0 saturated carbocycles. The fourth-order valence-electron chi connectivity index (χ4n) is 4.65. The van der Waals surface area contributed by atoms with Crippen molar-refractivity contribution < 1.29 is 14.3 Å². The minimum absolute atomic E-state index is 0.148. The van der Waals surface area contributed by atoms with E-state index in [4.69, 9.17) is 9.47 Å². The molecule has 3 aromatic rings. The van der Waals surface area contributed by atoms with Crippen LogP contribution in [0.5, 0.6) is 5.75 Å². The molecular weight excluding hydrogens is 400 g/mol. The van der Waals surface area contributed by atoms with Crippen molar-refractivity contribution in [1.29, 1.82) is 0 Å². The molecule has 2 saturated heterocycles. The third kappa shape index (κ3) is 4.49. The highest BCUT2D eigenvalue weighted by Gasteiger charge is 2.31. The van der Waals surface area contributed by atoms with Gasteiger partial charge in [-0.3, -0.25) is 9.78 Å². The SMILES string of the molecule is CCc1cc2cc(-c3ccc(OC4CCN(C(=O)C5CCCO5)CC4)cc3)ccc2cn1. The first-order valence-electron chi connectivity index (χ1n) is 11.8. The van der Waals surface area contributed by atoms with Gasteiger partial charge < -0.3 is 14.4 Å². The van der Waals surface area contributed by atoms with Gasteiger partial charge in [0.2, 0.25) is 0 Å². The lowest BCUT2D eigenvalue weighted by Gasteiger charge is -2.33. The van der Waals surface area contributed by atoms with E-state index in [1.807, 2.05) is 23.2 Å². The number of carbonyl (C=O) groups excluding carboxylic acids is 1. The molecule has 2 aliphatic heterocycles. The van der Waals surface area contributed by atoms with Crippen molar-refractivity contribution in [3.8, 4) is 16.9 Å². The highest BCUT2D eigenvalue weighted by Crippen LogP contribution is 2.28. The van der Waals surface area contributed by atoms with E-state index in [0.717, 1.165) is 62.0 Å². The molecule has 5 nitrogen and oxygen atoms in total.